The zero-order valence-electron chi connectivity index (χ0n) is 9.54. The van der Waals surface area contributed by atoms with Crippen LogP contribution in [0.15, 0.2) is 50.3 Å². The summed E-state index contributed by atoms with van der Waals surface area (Å²) in [5.41, 5.74) is 6.35. The molecule has 2 aromatic rings. The van der Waals surface area contributed by atoms with Gasteiger partial charge in [0.05, 0.1) is 0 Å². The van der Waals surface area contributed by atoms with Gasteiger partial charge in [-0.15, -0.1) is 0 Å². The smallest absolute Gasteiger partial charge is 0.172 e. The number of nitrogens with two attached hydrogens (primary N) is 1. The van der Waals surface area contributed by atoms with E-state index < -0.39 is 0 Å². The minimum Gasteiger partial charge on any atom is -0.409 e. The number of rotatable bonds is 3. The van der Waals surface area contributed by atoms with Gasteiger partial charge in [-0.05, 0) is 28.1 Å². The quantitative estimate of drug-likeness (QED) is 0.393. The average molecular weight is 327 g/mol. The van der Waals surface area contributed by atoms with Crippen LogP contribution in [0.4, 0.5) is 0 Å². The van der Waals surface area contributed by atoms with Gasteiger partial charge in [0.25, 0.3) is 0 Å². The fourth-order valence-corrected chi connectivity index (χ4v) is 3.12. The number of benzene rings is 1. The van der Waals surface area contributed by atoms with Gasteiger partial charge in [-0.25, -0.2) is 4.98 Å². The van der Waals surface area contributed by atoms with Gasteiger partial charge in [0.1, 0.15) is 0 Å². The Hall–Kier alpha value is -1.47. The van der Waals surface area contributed by atoms with Gasteiger partial charge in [0.2, 0.25) is 0 Å². The molecular weight excluding hydrogens is 316 g/mol. The Labute approximate surface area is 117 Å². The number of halogens is 1. The molecule has 3 N–H and O–H groups in total. The van der Waals surface area contributed by atoms with Crippen molar-refractivity contribution in [3.63, 3.8) is 0 Å². The fraction of sp³-hybridized carbons (Fsp3) is 0.0909. The molecule has 1 heterocycles. The van der Waals surface area contributed by atoms with Crippen LogP contribution in [-0.2, 0) is 7.05 Å². The van der Waals surface area contributed by atoms with Crippen molar-refractivity contribution in [3.8, 4) is 0 Å². The summed E-state index contributed by atoms with van der Waals surface area (Å²) in [7, 11) is 1.91. The topological polar surface area (TPSA) is 76.4 Å². The number of imidazole rings is 1. The van der Waals surface area contributed by atoms with Gasteiger partial charge >= 0.3 is 0 Å². The maximum atomic E-state index is 8.83. The Kier molecular flexibility index (Phi) is 3.93. The summed E-state index contributed by atoms with van der Waals surface area (Å²) in [6.07, 6.45) is 3.59. The van der Waals surface area contributed by atoms with Gasteiger partial charge in [-0.2, -0.15) is 0 Å². The molecule has 2 rings (SSSR count). The second kappa shape index (κ2) is 5.45. The molecule has 0 saturated carbocycles. The first-order valence-electron chi connectivity index (χ1n) is 5.05. The Morgan fingerprint density at radius 3 is 2.94 bits per heavy atom. The van der Waals surface area contributed by atoms with Crippen molar-refractivity contribution in [3.05, 3.63) is 40.6 Å². The molecule has 94 valence electrons. The average Bonchev–Trinajstić information content (AvgIpc) is 2.74. The molecular formula is C11H11BrN4OS. The number of nitrogens with zero attached hydrogens (tertiary/aromatic N) is 3. The van der Waals surface area contributed by atoms with Crippen LogP contribution in [0.1, 0.15) is 5.56 Å². The Balaban J connectivity index is 2.45. The predicted octanol–water partition coefficient (Wildman–Crippen LogP) is 2.43. The van der Waals surface area contributed by atoms with Crippen molar-refractivity contribution in [1.82, 2.24) is 9.55 Å². The summed E-state index contributed by atoms with van der Waals surface area (Å²) in [5, 5.41) is 12.7. The minimum atomic E-state index is 0.0687. The van der Waals surface area contributed by atoms with Crippen molar-refractivity contribution in [2.75, 3.05) is 0 Å². The van der Waals surface area contributed by atoms with E-state index in [1.807, 2.05) is 36.0 Å². The Morgan fingerprint density at radius 2 is 2.33 bits per heavy atom. The number of oxime groups is 1. The minimum absolute atomic E-state index is 0.0687. The van der Waals surface area contributed by atoms with Crippen LogP contribution in [0.2, 0.25) is 0 Å². The lowest BCUT2D eigenvalue weighted by Crippen LogP contribution is -2.15. The first kappa shape index (κ1) is 13.0. The molecule has 0 unspecified atom stereocenters. The van der Waals surface area contributed by atoms with Crippen molar-refractivity contribution < 1.29 is 5.21 Å². The third kappa shape index (κ3) is 2.51. The molecule has 7 heteroatoms. The number of hydrogen-bond donors (Lipinski definition) is 2. The SMILES string of the molecule is Cn1ccnc1Sc1cccc(Br)c1/C(N)=N/O. The highest BCUT2D eigenvalue weighted by atomic mass is 79.9. The van der Waals surface area contributed by atoms with Crippen molar-refractivity contribution in [1.29, 1.82) is 0 Å². The van der Waals surface area contributed by atoms with E-state index in [0.717, 1.165) is 14.5 Å². The van der Waals surface area contributed by atoms with Crippen LogP contribution in [0.3, 0.4) is 0 Å². The largest absolute Gasteiger partial charge is 0.409 e. The molecule has 0 saturated heterocycles. The fourth-order valence-electron chi connectivity index (χ4n) is 1.44. The molecule has 18 heavy (non-hydrogen) atoms. The molecule has 0 radical (unpaired) electrons. The third-order valence-corrected chi connectivity index (χ3v) is 4.11. The van der Waals surface area contributed by atoms with Crippen molar-refractivity contribution in [2.45, 2.75) is 10.1 Å². The Bertz CT molecular complexity index is 596. The normalized spacial score (nSPS) is 11.8. The summed E-state index contributed by atoms with van der Waals surface area (Å²) in [6, 6.07) is 5.64. The van der Waals surface area contributed by atoms with Crippen molar-refractivity contribution >= 4 is 33.5 Å². The molecule has 5 nitrogen and oxygen atoms in total. The van der Waals surface area contributed by atoms with Crippen molar-refractivity contribution in [2.24, 2.45) is 17.9 Å². The standard InChI is InChI=1S/C11H11BrN4OS/c1-16-6-5-14-11(16)18-8-4-2-3-7(12)9(8)10(13)15-17/h2-6,17H,1H3,(H2,13,15). The summed E-state index contributed by atoms with van der Waals surface area (Å²) in [5.74, 6) is 0.0687. The van der Waals surface area contributed by atoms with E-state index in [1.165, 1.54) is 11.8 Å². The predicted molar refractivity (Wildman–Crippen MR) is 74.0 cm³/mol. The van der Waals surface area contributed by atoms with E-state index in [9.17, 15) is 0 Å². The molecule has 1 aromatic carbocycles. The maximum absolute atomic E-state index is 8.83. The second-order valence-electron chi connectivity index (χ2n) is 3.52. The molecule has 0 aliphatic rings. The van der Waals surface area contributed by atoms with Crippen LogP contribution in [-0.4, -0.2) is 20.6 Å². The molecule has 0 spiro atoms. The summed E-state index contributed by atoms with van der Waals surface area (Å²) < 4.78 is 2.68. The molecule has 0 fully saturated rings. The van der Waals surface area contributed by atoms with Crippen LogP contribution in [0, 0.1) is 0 Å². The molecule has 0 aliphatic carbocycles. The molecule has 0 amide bonds. The number of hydrogen-bond acceptors (Lipinski definition) is 4. The molecule has 0 atom stereocenters. The van der Waals surface area contributed by atoms with Gasteiger partial charge in [0, 0.05) is 34.4 Å². The maximum Gasteiger partial charge on any atom is 0.172 e. The number of amidine groups is 1. The number of aryl methyl sites for hydroxylation is 1. The highest BCUT2D eigenvalue weighted by molar-refractivity contribution is 9.10. The van der Waals surface area contributed by atoms with E-state index in [2.05, 4.69) is 26.1 Å². The highest BCUT2D eigenvalue weighted by Gasteiger charge is 2.13. The van der Waals surface area contributed by atoms with Crippen LogP contribution in [0.5, 0.6) is 0 Å². The molecule has 1 aromatic heterocycles. The third-order valence-electron chi connectivity index (χ3n) is 2.32. The van der Waals surface area contributed by atoms with Gasteiger partial charge in [0.15, 0.2) is 11.0 Å². The zero-order valence-corrected chi connectivity index (χ0v) is 11.9. The van der Waals surface area contributed by atoms with Crippen LogP contribution < -0.4 is 5.73 Å². The molecule has 0 aliphatic heterocycles. The number of aromatic nitrogens is 2. The van der Waals surface area contributed by atoms with E-state index in [4.69, 9.17) is 10.9 Å². The van der Waals surface area contributed by atoms with E-state index in [0.29, 0.717) is 5.56 Å². The summed E-state index contributed by atoms with van der Waals surface area (Å²) >= 11 is 4.85. The van der Waals surface area contributed by atoms with Gasteiger partial charge in [-0.3, -0.25) is 0 Å². The van der Waals surface area contributed by atoms with Crippen LogP contribution in [0.25, 0.3) is 0 Å². The zero-order chi connectivity index (χ0) is 13.1. The molecule has 0 bridgehead atoms. The first-order valence-corrected chi connectivity index (χ1v) is 6.66. The summed E-state index contributed by atoms with van der Waals surface area (Å²) in [4.78, 5) is 5.10. The monoisotopic (exact) mass is 326 g/mol. The lowest BCUT2D eigenvalue weighted by Gasteiger charge is -2.09. The second-order valence-corrected chi connectivity index (χ2v) is 5.38. The van der Waals surface area contributed by atoms with E-state index in [1.54, 1.807) is 6.20 Å². The van der Waals surface area contributed by atoms with Gasteiger partial charge < -0.3 is 15.5 Å². The summed E-state index contributed by atoms with van der Waals surface area (Å²) in [6.45, 7) is 0. The van der Waals surface area contributed by atoms with E-state index in [-0.39, 0.29) is 5.84 Å². The van der Waals surface area contributed by atoms with E-state index >= 15 is 0 Å². The lowest BCUT2D eigenvalue weighted by atomic mass is 10.2. The lowest BCUT2D eigenvalue weighted by molar-refractivity contribution is 0.318. The van der Waals surface area contributed by atoms with Crippen LogP contribution >= 0.6 is 27.7 Å². The van der Waals surface area contributed by atoms with Gasteiger partial charge in [-0.1, -0.05) is 23.0 Å². The highest BCUT2D eigenvalue weighted by Crippen LogP contribution is 2.32. The Morgan fingerprint density at radius 1 is 1.56 bits per heavy atom. The first-order chi connectivity index (χ1) is 8.63.